The van der Waals surface area contributed by atoms with E-state index in [0.717, 1.165) is 27.0 Å². The monoisotopic (exact) mass is 431 g/mol. The van der Waals surface area contributed by atoms with Crippen LogP contribution in [-0.4, -0.2) is 14.6 Å². The molecule has 0 spiro atoms. The summed E-state index contributed by atoms with van der Waals surface area (Å²) in [4.78, 5) is 29.4. The normalized spacial score (nSPS) is 12.0. The molecular formula is C23H14FN3O3S. The van der Waals surface area contributed by atoms with Gasteiger partial charge in [0, 0.05) is 18.1 Å². The van der Waals surface area contributed by atoms with Gasteiger partial charge in [0.15, 0.2) is 0 Å². The van der Waals surface area contributed by atoms with Crippen molar-refractivity contribution in [3.8, 4) is 11.3 Å². The lowest BCUT2D eigenvalue weighted by atomic mass is 10.1. The quantitative estimate of drug-likeness (QED) is 0.437. The smallest absolute Gasteiger partial charge is 0.296 e. The van der Waals surface area contributed by atoms with Crippen molar-refractivity contribution in [3.05, 3.63) is 115 Å². The van der Waals surface area contributed by atoms with Crippen LogP contribution in [0.2, 0.25) is 0 Å². The first-order valence-corrected chi connectivity index (χ1v) is 10.2. The second-order valence-electron chi connectivity index (χ2n) is 6.85. The molecule has 6 nitrogen and oxygen atoms in total. The lowest BCUT2D eigenvalue weighted by molar-refractivity contribution is 0.571. The second kappa shape index (κ2) is 7.73. The van der Waals surface area contributed by atoms with E-state index in [0.29, 0.717) is 22.5 Å². The van der Waals surface area contributed by atoms with Crippen molar-refractivity contribution in [2.75, 3.05) is 0 Å². The molecule has 0 amide bonds. The Morgan fingerprint density at radius 2 is 1.77 bits per heavy atom. The maximum Gasteiger partial charge on any atom is 0.296 e. The Balaban J connectivity index is 1.53. The lowest BCUT2D eigenvalue weighted by Gasteiger charge is -1.99. The molecule has 152 valence electrons. The Morgan fingerprint density at radius 1 is 1.00 bits per heavy atom. The lowest BCUT2D eigenvalue weighted by Crippen LogP contribution is -2.28. The molecular weight excluding hydrogens is 417 g/mol. The predicted octanol–water partition coefficient (Wildman–Crippen LogP) is 3.05. The molecule has 5 aromatic rings. The van der Waals surface area contributed by atoms with Crippen LogP contribution in [0, 0.1) is 5.82 Å². The topological polar surface area (TPSA) is 77.5 Å². The maximum atomic E-state index is 13.1. The molecule has 0 N–H and O–H groups in total. The molecule has 0 atom stereocenters. The average Bonchev–Trinajstić information content (AvgIpc) is 3.35. The number of furan rings is 1. The van der Waals surface area contributed by atoms with Crippen molar-refractivity contribution in [3.63, 3.8) is 0 Å². The van der Waals surface area contributed by atoms with Gasteiger partial charge in [-0.3, -0.25) is 9.59 Å². The zero-order valence-electron chi connectivity index (χ0n) is 16.0. The standard InChI is InChI=1S/C23H14FN3O3S/c24-16-8-6-15(7-9-16)19-11-10-17(30-19)13-20-22(29)27-23(31-20)25-21(28)18(26-27)12-14-4-2-1-3-5-14/h1-11,13H,12H2. The van der Waals surface area contributed by atoms with Crippen molar-refractivity contribution < 1.29 is 8.81 Å². The summed E-state index contributed by atoms with van der Waals surface area (Å²) in [6.07, 6.45) is 1.88. The third-order valence-electron chi connectivity index (χ3n) is 4.69. The van der Waals surface area contributed by atoms with E-state index in [2.05, 4.69) is 10.1 Å². The predicted molar refractivity (Wildman–Crippen MR) is 116 cm³/mol. The van der Waals surface area contributed by atoms with Gasteiger partial charge < -0.3 is 4.42 Å². The minimum atomic E-state index is -0.451. The van der Waals surface area contributed by atoms with E-state index in [-0.39, 0.29) is 22.0 Å². The van der Waals surface area contributed by atoms with Crippen molar-refractivity contribution in [1.82, 2.24) is 14.6 Å². The van der Waals surface area contributed by atoms with Crippen molar-refractivity contribution in [2.45, 2.75) is 6.42 Å². The first-order valence-electron chi connectivity index (χ1n) is 9.41. The Bertz CT molecular complexity index is 1550. The summed E-state index contributed by atoms with van der Waals surface area (Å²) in [6.45, 7) is 0. The Kier molecular flexibility index (Phi) is 4.76. The molecule has 5 rings (SSSR count). The zero-order chi connectivity index (χ0) is 21.4. The van der Waals surface area contributed by atoms with Crippen LogP contribution in [0.1, 0.15) is 17.0 Å². The van der Waals surface area contributed by atoms with E-state index in [1.54, 1.807) is 30.3 Å². The number of fused-ring (bicyclic) bond motifs is 1. The highest BCUT2D eigenvalue weighted by Gasteiger charge is 2.12. The van der Waals surface area contributed by atoms with Crippen molar-refractivity contribution in [1.29, 1.82) is 0 Å². The minimum absolute atomic E-state index is 0.210. The fraction of sp³-hybridized carbons (Fsp3) is 0.0435. The van der Waals surface area contributed by atoms with E-state index in [9.17, 15) is 14.0 Å². The highest BCUT2D eigenvalue weighted by Crippen LogP contribution is 2.22. The molecule has 3 aromatic heterocycles. The number of thiazole rings is 1. The molecule has 2 aromatic carbocycles. The van der Waals surface area contributed by atoms with E-state index in [1.165, 1.54) is 12.1 Å². The third-order valence-corrected chi connectivity index (χ3v) is 5.65. The Hall–Kier alpha value is -3.91. The van der Waals surface area contributed by atoms with E-state index < -0.39 is 5.56 Å². The zero-order valence-corrected chi connectivity index (χ0v) is 16.8. The van der Waals surface area contributed by atoms with Crippen LogP contribution in [0.15, 0.2) is 80.7 Å². The summed E-state index contributed by atoms with van der Waals surface area (Å²) in [5, 5.41) is 4.25. The van der Waals surface area contributed by atoms with E-state index in [1.807, 2.05) is 30.3 Å². The molecule has 0 radical (unpaired) electrons. The highest BCUT2D eigenvalue weighted by molar-refractivity contribution is 7.15. The van der Waals surface area contributed by atoms with E-state index >= 15 is 0 Å². The molecule has 0 bridgehead atoms. The van der Waals surface area contributed by atoms with Crippen LogP contribution in [0.5, 0.6) is 0 Å². The average molecular weight is 431 g/mol. The van der Waals surface area contributed by atoms with Crippen molar-refractivity contribution in [2.24, 2.45) is 0 Å². The Morgan fingerprint density at radius 3 is 2.55 bits per heavy atom. The largest absolute Gasteiger partial charge is 0.457 e. The van der Waals surface area contributed by atoms with Crippen LogP contribution in [0.4, 0.5) is 4.39 Å². The summed E-state index contributed by atoms with van der Waals surface area (Å²) in [7, 11) is 0. The number of hydrogen-bond acceptors (Lipinski definition) is 6. The summed E-state index contributed by atoms with van der Waals surface area (Å²) < 4.78 is 20.4. The minimum Gasteiger partial charge on any atom is -0.457 e. The van der Waals surface area contributed by atoms with Gasteiger partial charge in [0.25, 0.3) is 11.1 Å². The molecule has 0 saturated heterocycles. The van der Waals surface area contributed by atoms with Crippen LogP contribution < -0.4 is 15.7 Å². The molecule has 0 aliphatic carbocycles. The molecule has 0 saturated carbocycles. The number of benzene rings is 2. The first-order chi connectivity index (χ1) is 15.1. The molecule has 0 fully saturated rings. The fourth-order valence-electron chi connectivity index (χ4n) is 3.17. The highest BCUT2D eigenvalue weighted by atomic mass is 32.1. The van der Waals surface area contributed by atoms with Gasteiger partial charge in [-0.15, -0.1) is 0 Å². The summed E-state index contributed by atoms with van der Waals surface area (Å²) in [5.74, 6) is 0.677. The van der Waals surface area contributed by atoms with Gasteiger partial charge in [0.2, 0.25) is 4.96 Å². The summed E-state index contributed by atoms with van der Waals surface area (Å²) in [5.41, 5.74) is 1.02. The number of rotatable bonds is 4. The molecule has 0 unspecified atom stereocenters. The number of nitrogens with zero attached hydrogens (tertiary/aromatic N) is 3. The van der Waals surface area contributed by atoms with Gasteiger partial charge in [0.1, 0.15) is 27.6 Å². The third kappa shape index (κ3) is 3.80. The first kappa shape index (κ1) is 19.1. The van der Waals surface area contributed by atoms with Gasteiger partial charge in [-0.05, 0) is 42.0 Å². The van der Waals surface area contributed by atoms with Crippen LogP contribution in [0.25, 0.3) is 22.4 Å². The van der Waals surface area contributed by atoms with E-state index in [4.69, 9.17) is 4.42 Å². The Labute approximate surface area is 178 Å². The maximum absolute atomic E-state index is 13.1. The molecule has 0 aliphatic heterocycles. The SMILES string of the molecule is O=c1nc2sc(=Cc3ccc(-c4ccc(F)cc4)o3)c(=O)n2nc1Cc1ccccc1. The number of hydrogen-bond donors (Lipinski definition) is 0. The van der Waals surface area contributed by atoms with Crippen molar-refractivity contribution >= 4 is 22.4 Å². The van der Waals surface area contributed by atoms with Gasteiger partial charge >= 0.3 is 0 Å². The summed E-state index contributed by atoms with van der Waals surface area (Å²) in [6, 6.07) is 18.8. The number of aromatic nitrogens is 3. The van der Waals surface area contributed by atoms with Gasteiger partial charge in [-0.1, -0.05) is 41.7 Å². The van der Waals surface area contributed by atoms with Crippen LogP contribution in [0.3, 0.4) is 0 Å². The van der Waals surface area contributed by atoms with Gasteiger partial charge in [-0.2, -0.15) is 14.6 Å². The molecule has 3 heterocycles. The second-order valence-corrected chi connectivity index (χ2v) is 7.85. The van der Waals surface area contributed by atoms with Crippen LogP contribution >= 0.6 is 11.3 Å². The molecule has 31 heavy (non-hydrogen) atoms. The number of halogens is 1. The molecule has 0 aliphatic rings. The summed E-state index contributed by atoms with van der Waals surface area (Å²) >= 11 is 1.07. The van der Waals surface area contributed by atoms with Gasteiger partial charge in [0.05, 0.1) is 0 Å². The molecule has 8 heteroatoms. The van der Waals surface area contributed by atoms with Crippen LogP contribution in [-0.2, 0) is 6.42 Å². The fourth-order valence-corrected chi connectivity index (χ4v) is 4.05. The van der Waals surface area contributed by atoms with Gasteiger partial charge in [-0.25, -0.2) is 4.39 Å².